The molecular formula is C21H13ClN4O2S. The van der Waals surface area contributed by atoms with Crippen molar-refractivity contribution in [3.63, 3.8) is 0 Å². The molecule has 142 valence electrons. The van der Waals surface area contributed by atoms with E-state index in [9.17, 15) is 4.79 Å². The molecule has 0 saturated heterocycles. The monoisotopic (exact) mass is 420 g/mol. The molecule has 5 rings (SSSR count). The van der Waals surface area contributed by atoms with E-state index in [4.69, 9.17) is 16.1 Å². The van der Waals surface area contributed by atoms with E-state index in [2.05, 4.69) is 15.1 Å². The van der Waals surface area contributed by atoms with Crippen LogP contribution in [0.5, 0.6) is 0 Å². The summed E-state index contributed by atoms with van der Waals surface area (Å²) >= 11 is 7.37. The highest BCUT2D eigenvalue weighted by molar-refractivity contribution is 7.17. The highest BCUT2D eigenvalue weighted by Gasteiger charge is 2.15. The lowest BCUT2D eigenvalue weighted by atomic mass is 10.1. The first-order chi connectivity index (χ1) is 14.2. The van der Waals surface area contributed by atoms with Crippen molar-refractivity contribution in [2.24, 2.45) is 0 Å². The van der Waals surface area contributed by atoms with E-state index in [1.165, 1.54) is 22.2 Å². The summed E-state index contributed by atoms with van der Waals surface area (Å²) < 4.78 is 6.82. The van der Waals surface area contributed by atoms with Crippen molar-refractivity contribution in [1.29, 1.82) is 0 Å². The fourth-order valence-electron chi connectivity index (χ4n) is 3.09. The number of fused-ring (bicyclic) bond motifs is 1. The Balaban J connectivity index is 1.51. The lowest BCUT2D eigenvalue weighted by Crippen LogP contribution is -2.21. The molecule has 5 aromatic rings. The first-order valence-corrected chi connectivity index (χ1v) is 10.1. The maximum atomic E-state index is 13.1. The van der Waals surface area contributed by atoms with E-state index in [0.29, 0.717) is 27.0 Å². The fourth-order valence-corrected chi connectivity index (χ4v) is 4.12. The Morgan fingerprint density at radius 3 is 2.62 bits per heavy atom. The van der Waals surface area contributed by atoms with Gasteiger partial charge in [0.2, 0.25) is 11.7 Å². The van der Waals surface area contributed by atoms with E-state index in [1.54, 1.807) is 12.1 Å². The van der Waals surface area contributed by atoms with Crippen molar-refractivity contribution in [2.45, 2.75) is 6.54 Å². The fraction of sp³-hybridized carbons (Fsp3) is 0.0476. The van der Waals surface area contributed by atoms with Crippen LogP contribution in [-0.2, 0) is 6.54 Å². The Labute approximate surface area is 174 Å². The second-order valence-electron chi connectivity index (χ2n) is 6.39. The van der Waals surface area contributed by atoms with Crippen molar-refractivity contribution in [3.8, 4) is 22.5 Å². The molecule has 0 amide bonds. The number of thiophene rings is 1. The van der Waals surface area contributed by atoms with E-state index in [0.717, 1.165) is 16.7 Å². The molecule has 0 aliphatic heterocycles. The molecule has 0 bridgehead atoms. The van der Waals surface area contributed by atoms with Crippen molar-refractivity contribution >= 4 is 33.2 Å². The lowest BCUT2D eigenvalue weighted by Gasteiger charge is -2.03. The van der Waals surface area contributed by atoms with Gasteiger partial charge in [-0.15, -0.1) is 11.3 Å². The molecule has 0 atom stereocenters. The molecule has 3 aromatic heterocycles. The second-order valence-corrected chi connectivity index (χ2v) is 7.69. The number of hydrogen-bond acceptors (Lipinski definition) is 6. The summed E-state index contributed by atoms with van der Waals surface area (Å²) in [5.74, 6) is 0.772. The Morgan fingerprint density at radius 2 is 1.83 bits per heavy atom. The molecule has 0 unspecified atom stereocenters. The Bertz CT molecular complexity index is 1360. The molecule has 0 aliphatic rings. The van der Waals surface area contributed by atoms with Crippen LogP contribution in [-0.4, -0.2) is 19.7 Å². The zero-order valence-corrected chi connectivity index (χ0v) is 16.5. The summed E-state index contributed by atoms with van der Waals surface area (Å²) in [6.45, 7) is 0.145. The minimum Gasteiger partial charge on any atom is -0.337 e. The second kappa shape index (κ2) is 7.27. The molecular weight excluding hydrogens is 408 g/mol. The number of aromatic nitrogens is 4. The van der Waals surface area contributed by atoms with Crippen molar-refractivity contribution in [3.05, 3.63) is 87.6 Å². The molecule has 0 N–H and O–H groups in total. The Hall–Kier alpha value is -3.29. The van der Waals surface area contributed by atoms with Gasteiger partial charge in [0.15, 0.2) is 0 Å². The van der Waals surface area contributed by atoms with Crippen molar-refractivity contribution in [2.75, 3.05) is 0 Å². The summed E-state index contributed by atoms with van der Waals surface area (Å²) in [6.07, 6.45) is 1.52. The first kappa shape index (κ1) is 17.8. The normalized spacial score (nSPS) is 11.2. The number of benzene rings is 2. The van der Waals surface area contributed by atoms with Gasteiger partial charge in [0.25, 0.3) is 5.56 Å². The van der Waals surface area contributed by atoms with Crippen LogP contribution in [0.25, 0.3) is 32.7 Å². The van der Waals surface area contributed by atoms with Gasteiger partial charge in [0, 0.05) is 21.5 Å². The third kappa shape index (κ3) is 3.35. The molecule has 0 radical (unpaired) electrons. The van der Waals surface area contributed by atoms with Crippen LogP contribution >= 0.6 is 22.9 Å². The quantitative estimate of drug-likeness (QED) is 0.414. The van der Waals surface area contributed by atoms with E-state index >= 15 is 0 Å². The third-order valence-corrected chi connectivity index (χ3v) is 5.66. The first-order valence-electron chi connectivity index (χ1n) is 8.79. The number of hydrogen-bond donors (Lipinski definition) is 0. The smallest absolute Gasteiger partial charge is 0.263 e. The predicted molar refractivity (Wildman–Crippen MR) is 113 cm³/mol. The zero-order chi connectivity index (χ0) is 19.8. The number of nitrogens with zero attached hydrogens (tertiary/aromatic N) is 4. The molecule has 0 fully saturated rings. The summed E-state index contributed by atoms with van der Waals surface area (Å²) in [6, 6.07) is 17.0. The van der Waals surface area contributed by atoms with Crippen LogP contribution in [0.2, 0.25) is 5.02 Å². The Morgan fingerprint density at radius 1 is 1.03 bits per heavy atom. The molecule has 0 saturated carbocycles. The molecule has 29 heavy (non-hydrogen) atoms. The molecule has 2 aromatic carbocycles. The highest BCUT2D eigenvalue weighted by Crippen LogP contribution is 2.30. The van der Waals surface area contributed by atoms with Crippen molar-refractivity contribution < 1.29 is 4.52 Å². The maximum Gasteiger partial charge on any atom is 0.263 e. The molecule has 0 aliphatic carbocycles. The van der Waals surface area contributed by atoms with Gasteiger partial charge in [-0.2, -0.15) is 4.98 Å². The lowest BCUT2D eigenvalue weighted by molar-refractivity contribution is 0.369. The van der Waals surface area contributed by atoms with Crippen LogP contribution in [0, 0.1) is 0 Å². The predicted octanol–water partition coefficient (Wildman–Crippen LogP) is 4.88. The van der Waals surface area contributed by atoms with Gasteiger partial charge in [-0.1, -0.05) is 47.1 Å². The van der Waals surface area contributed by atoms with Gasteiger partial charge in [0.05, 0.1) is 11.7 Å². The van der Waals surface area contributed by atoms with E-state index < -0.39 is 0 Å². The van der Waals surface area contributed by atoms with Crippen LogP contribution in [0.4, 0.5) is 0 Å². The minimum atomic E-state index is -0.138. The van der Waals surface area contributed by atoms with Crippen LogP contribution in [0.15, 0.2) is 75.6 Å². The van der Waals surface area contributed by atoms with Gasteiger partial charge in [-0.25, -0.2) is 4.98 Å². The maximum absolute atomic E-state index is 13.1. The standard InChI is InChI=1S/C21H13ClN4O2S/c22-15-8-6-14(7-9-15)19-24-17(28-25-19)10-26-12-23-20-18(21(26)27)16(11-29-20)13-4-2-1-3-5-13/h1-9,11-12H,10H2. The van der Waals surface area contributed by atoms with E-state index in [-0.39, 0.29) is 12.1 Å². The van der Waals surface area contributed by atoms with Gasteiger partial charge in [-0.3, -0.25) is 9.36 Å². The van der Waals surface area contributed by atoms with Crippen LogP contribution < -0.4 is 5.56 Å². The molecule has 6 nitrogen and oxygen atoms in total. The van der Waals surface area contributed by atoms with Crippen LogP contribution in [0.3, 0.4) is 0 Å². The number of halogens is 1. The minimum absolute atomic E-state index is 0.138. The average molecular weight is 421 g/mol. The van der Waals surface area contributed by atoms with Gasteiger partial charge in [0.1, 0.15) is 11.4 Å². The highest BCUT2D eigenvalue weighted by atomic mass is 35.5. The molecule has 3 heterocycles. The third-order valence-electron chi connectivity index (χ3n) is 4.52. The molecule has 8 heteroatoms. The van der Waals surface area contributed by atoms with Gasteiger partial charge >= 0.3 is 0 Å². The van der Waals surface area contributed by atoms with Gasteiger partial charge in [-0.05, 0) is 29.8 Å². The number of rotatable bonds is 4. The van der Waals surface area contributed by atoms with Crippen molar-refractivity contribution in [1.82, 2.24) is 19.7 Å². The summed E-state index contributed by atoms with van der Waals surface area (Å²) in [7, 11) is 0. The summed E-state index contributed by atoms with van der Waals surface area (Å²) in [5, 5.41) is 7.19. The van der Waals surface area contributed by atoms with Crippen LogP contribution in [0.1, 0.15) is 5.89 Å². The Kier molecular flexibility index (Phi) is 4.46. The summed E-state index contributed by atoms with van der Waals surface area (Å²) in [4.78, 5) is 22.7. The molecule has 0 spiro atoms. The SMILES string of the molecule is O=c1c2c(-c3ccccc3)csc2ncn1Cc1nc(-c2ccc(Cl)cc2)no1. The topological polar surface area (TPSA) is 73.8 Å². The average Bonchev–Trinajstić information content (AvgIpc) is 3.39. The summed E-state index contributed by atoms with van der Waals surface area (Å²) in [5.41, 5.74) is 2.51. The van der Waals surface area contributed by atoms with E-state index in [1.807, 2.05) is 47.8 Å². The largest absolute Gasteiger partial charge is 0.337 e. The van der Waals surface area contributed by atoms with Gasteiger partial charge < -0.3 is 4.52 Å². The zero-order valence-electron chi connectivity index (χ0n) is 14.9.